The van der Waals surface area contributed by atoms with Crippen LogP contribution in [0.15, 0.2) is 182 Å². The molecule has 8 aromatic rings. The monoisotopic (exact) mass is 760 g/mol. The molecular formula is C57H48N2. The third-order valence-corrected chi connectivity index (χ3v) is 13.8. The number of hydrogen-bond acceptors (Lipinski definition) is 2. The van der Waals surface area contributed by atoms with E-state index in [4.69, 9.17) is 0 Å². The smallest absolute Gasteiger partial charge is 0.0564 e. The highest BCUT2D eigenvalue weighted by molar-refractivity contribution is 5.99. The Kier molecular flexibility index (Phi) is 7.63. The summed E-state index contributed by atoms with van der Waals surface area (Å²) in [5.41, 5.74) is 22.5. The van der Waals surface area contributed by atoms with E-state index in [0.29, 0.717) is 0 Å². The second-order valence-electron chi connectivity index (χ2n) is 18.2. The first-order chi connectivity index (χ1) is 28.5. The Hall–Kier alpha value is -6.64. The summed E-state index contributed by atoms with van der Waals surface area (Å²) in [6.45, 7) is 14.2. The molecule has 286 valence electrons. The number of benzene rings is 8. The molecule has 11 rings (SSSR count). The van der Waals surface area contributed by atoms with E-state index in [1.54, 1.807) is 0 Å². The van der Waals surface area contributed by atoms with Gasteiger partial charge in [-0.05, 0) is 122 Å². The van der Waals surface area contributed by atoms with Crippen molar-refractivity contribution < 1.29 is 0 Å². The zero-order valence-electron chi connectivity index (χ0n) is 34.7. The first-order valence-corrected chi connectivity index (χ1v) is 21.0. The molecule has 0 aliphatic heterocycles. The van der Waals surface area contributed by atoms with Crippen molar-refractivity contribution in [1.82, 2.24) is 0 Å². The molecule has 3 aliphatic rings. The molecule has 0 unspecified atom stereocenters. The molecule has 0 spiro atoms. The molecule has 3 aliphatic carbocycles. The maximum absolute atomic E-state index is 2.51. The van der Waals surface area contributed by atoms with Crippen molar-refractivity contribution >= 4 is 34.1 Å². The highest BCUT2D eigenvalue weighted by atomic mass is 15.2. The normalized spacial score (nSPS) is 15.4. The van der Waals surface area contributed by atoms with Crippen LogP contribution in [0.2, 0.25) is 0 Å². The third kappa shape index (κ3) is 5.12. The van der Waals surface area contributed by atoms with Gasteiger partial charge in [0.1, 0.15) is 0 Å². The van der Waals surface area contributed by atoms with Crippen molar-refractivity contribution in [3.8, 4) is 33.4 Å². The molecular weight excluding hydrogens is 713 g/mol. The molecule has 0 bridgehead atoms. The average Bonchev–Trinajstić information content (AvgIpc) is 3.74. The number of anilines is 6. The molecule has 8 aromatic carbocycles. The lowest BCUT2D eigenvalue weighted by Gasteiger charge is -2.33. The summed E-state index contributed by atoms with van der Waals surface area (Å²) in [5, 5.41) is 0. The van der Waals surface area contributed by atoms with Crippen LogP contribution in [0.4, 0.5) is 34.1 Å². The van der Waals surface area contributed by atoms with Crippen LogP contribution in [-0.4, -0.2) is 0 Å². The minimum atomic E-state index is -0.233. The second kappa shape index (κ2) is 12.7. The lowest BCUT2D eigenvalue weighted by atomic mass is 9.82. The Morgan fingerprint density at radius 1 is 0.271 bits per heavy atom. The second-order valence-corrected chi connectivity index (χ2v) is 18.2. The van der Waals surface area contributed by atoms with Crippen LogP contribution < -0.4 is 9.80 Å². The fourth-order valence-electron chi connectivity index (χ4n) is 10.8. The van der Waals surface area contributed by atoms with Gasteiger partial charge in [0.25, 0.3) is 0 Å². The first-order valence-electron chi connectivity index (χ1n) is 21.0. The van der Waals surface area contributed by atoms with Crippen LogP contribution in [0.1, 0.15) is 74.9 Å². The van der Waals surface area contributed by atoms with Gasteiger partial charge in [0.2, 0.25) is 0 Å². The minimum Gasteiger partial charge on any atom is -0.310 e. The highest BCUT2D eigenvalue weighted by Crippen LogP contribution is 2.58. The predicted octanol–water partition coefficient (Wildman–Crippen LogP) is 15.5. The van der Waals surface area contributed by atoms with E-state index in [0.717, 1.165) is 28.4 Å². The van der Waals surface area contributed by atoms with Gasteiger partial charge < -0.3 is 9.80 Å². The van der Waals surface area contributed by atoms with E-state index in [1.807, 2.05) is 0 Å². The van der Waals surface area contributed by atoms with E-state index in [2.05, 4.69) is 233 Å². The molecule has 0 aromatic heterocycles. The zero-order chi connectivity index (χ0) is 40.3. The summed E-state index contributed by atoms with van der Waals surface area (Å²) in [6, 6.07) is 68.0. The maximum Gasteiger partial charge on any atom is 0.0564 e. The molecule has 0 heterocycles. The Labute approximate surface area is 349 Å². The Morgan fingerprint density at radius 3 is 1.19 bits per heavy atom. The largest absolute Gasteiger partial charge is 0.310 e. The van der Waals surface area contributed by atoms with Crippen LogP contribution in [0.5, 0.6) is 0 Å². The molecule has 0 fully saturated rings. The van der Waals surface area contributed by atoms with Crippen LogP contribution in [0.25, 0.3) is 33.4 Å². The van der Waals surface area contributed by atoms with Crippen LogP contribution >= 0.6 is 0 Å². The van der Waals surface area contributed by atoms with Crippen molar-refractivity contribution in [2.45, 2.75) is 57.8 Å². The molecule has 0 saturated carbocycles. The van der Waals surface area contributed by atoms with Gasteiger partial charge in [-0.15, -0.1) is 0 Å². The summed E-state index contributed by atoms with van der Waals surface area (Å²) in [4.78, 5) is 4.99. The number of para-hydroxylation sites is 2. The van der Waals surface area contributed by atoms with Gasteiger partial charge in [-0.1, -0.05) is 163 Å². The molecule has 2 heteroatoms. The fraction of sp³-hybridized carbons (Fsp3) is 0.158. The van der Waals surface area contributed by atoms with E-state index >= 15 is 0 Å². The molecule has 0 atom stereocenters. The maximum atomic E-state index is 2.51. The standard InChI is InChI=1S/C57H48N2/c1-55(2)47-26-16-13-23-42(47)45-33-39(29-31-50(45)55)58(37-19-9-7-10-20-37)41-35-52-54(44-25-15-18-28-49(44)57(52,5)6)53(36-41)59(38-21-11-8-12-22-38)40-30-32-51-46(34-40)43-24-14-17-27-48(43)56(51,3)4/h7-36H,1-6H3. The summed E-state index contributed by atoms with van der Waals surface area (Å²) in [5.74, 6) is 0. The molecule has 0 N–H and O–H groups in total. The Balaban J connectivity index is 1.19. The van der Waals surface area contributed by atoms with Crippen molar-refractivity contribution in [3.63, 3.8) is 0 Å². The van der Waals surface area contributed by atoms with Gasteiger partial charge in [-0.2, -0.15) is 0 Å². The number of nitrogens with zero attached hydrogens (tertiary/aromatic N) is 2. The topological polar surface area (TPSA) is 6.48 Å². The molecule has 2 nitrogen and oxygen atoms in total. The number of hydrogen-bond donors (Lipinski definition) is 0. The minimum absolute atomic E-state index is 0.0691. The van der Waals surface area contributed by atoms with Crippen molar-refractivity contribution in [3.05, 3.63) is 215 Å². The van der Waals surface area contributed by atoms with Gasteiger partial charge in [-0.25, -0.2) is 0 Å². The van der Waals surface area contributed by atoms with E-state index in [-0.39, 0.29) is 16.2 Å². The van der Waals surface area contributed by atoms with Gasteiger partial charge in [0, 0.05) is 50.2 Å². The summed E-state index contributed by atoms with van der Waals surface area (Å²) in [6.07, 6.45) is 0. The van der Waals surface area contributed by atoms with Gasteiger partial charge >= 0.3 is 0 Å². The average molecular weight is 761 g/mol. The molecule has 0 radical (unpaired) electrons. The van der Waals surface area contributed by atoms with Gasteiger partial charge in [0.15, 0.2) is 0 Å². The quantitative estimate of drug-likeness (QED) is 0.167. The van der Waals surface area contributed by atoms with E-state index in [9.17, 15) is 0 Å². The van der Waals surface area contributed by atoms with Crippen LogP contribution in [0, 0.1) is 0 Å². The van der Waals surface area contributed by atoms with Gasteiger partial charge in [0.05, 0.1) is 5.69 Å². The van der Waals surface area contributed by atoms with Crippen molar-refractivity contribution in [1.29, 1.82) is 0 Å². The highest BCUT2D eigenvalue weighted by Gasteiger charge is 2.41. The number of fused-ring (bicyclic) bond motifs is 9. The number of rotatable bonds is 6. The summed E-state index contributed by atoms with van der Waals surface area (Å²) < 4.78 is 0. The lowest BCUT2D eigenvalue weighted by Crippen LogP contribution is -2.19. The molecule has 0 saturated heterocycles. The predicted molar refractivity (Wildman–Crippen MR) is 248 cm³/mol. The van der Waals surface area contributed by atoms with Crippen LogP contribution in [0.3, 0.4) is 0 Å². The zero-order valence-corrected chi connectivity index (χ0v) is 34.7. The van der Waals surface area contributed by atoms with Crippen molar-refractivity contribution in [2.24, 2.45) is 0 Å². The SMILES string of the molecule is CC1(C)c2ccccc2-c2cc(N(c3ccccc3)c3cc(N(c4ccccc4)c4ccc5c(c4)-c4ccccc4C5(C)C)c4c(c3)C(C)(C)c3ccccc3-4)ccc21. The van der Waals surface area contributed by atoms with E-state index < -0.39 is 0 Å². The van der Waals surface area contributed by atoms with Crippen LogP contribution in [-0.2, 0) is 16.2 Å². The lowest BCUT2D eigenvalue weighted by molar-refractivity contribution is 0.660. The van der Waals surface area contributed by atoms with E-state index in [1.165, 1.54) is 72.4 Å². The molecule has 59 heavy (non-hydrogen) atoms. The van der Waals surface area contributed by atoms with Crippen molar-refractivity contribution in [2.75, 3.05) is 9.80 Å². The summed E-state index contributed by atoms with van der Waals surface area (Å²) in [7, 11) is 0. The summed E-state index contributed by atoms with van der Waals surface area (Å²) >= 11 is 0. The Bertz CT molecular complexity index is 2970. The fourth-order valence-corrected chi connectivity index (χ4v) is 10.8. The first kappa shape index (κ1) is 35.5. The molecule has 0 amide bonds. The third-order valence-electron chi connectivity index (χ3n) is 13.8. The Morgan fingerprint density at radius 2 is 0.661 bits per heavy atom. The van der Waals surface area contributed by atoms with Gasteiger partial charge in [-0.3, -0.25) is 0 Å².